The second-order valence-electron chi connectivity index (χ2n) is 9.10. The fourth-order valence-corrected chi connectivity index (χ4v) is 4.34. The van der Waals surface area contributed by atoms with Crippen molar-refractivity contribution < 1.29 is 27.4 Å². The molecule has 1 fully saturated rings. The van der Waals surface area contributed by atoms with E-state index in [9.17, 15) is 13.2 Å². The van der Waals surface area contributed by atoms with E-state index in [1.807, 2.05) is 12.1 Å². The van der Waals surface area contributed by atoms with E-state index in [0.29, 0.717) is 41.9 Å². The molecule has 4 rings (SSSR count). The number of hydrogen-bond donors (Lipinski definition) is 1. The minimum atomic E-state index is -4.75. The number of halogens is 3. The Hall–Kier alpha value is -2.89. The largest absolute Gasteiger partial charge is 0.573 e. The van der Waals surface area contributed by atoms with Crippen LogP contribution >= 0.6 is 0 Å². The fraction of sp³-hybridized carbons (Fsp3) is 0.538. The van der Waals surface area contributed by atoms with Crippen LogP contribution in [0.5, 0.6) is 5.75 Å². The summed E-state index contributed by atoms with van der Waals surface area (Å²) in [5.74, 6) is 0.944. The number of anilines is 1. The molecule has 0 amide bonds. The van der Waals surface area contributed by atoms with Gasteiger partial charge in [-0.1, -0.05) is 19.1 Å². The van der Waals surface area contributed by atoms with Gasteiger partial charge in [0, 0.05) is 25.3 Å². The number of hydrogen-bond acceptors (Lipinski definition) is 7. The lowest BCUT2D eigenvalue weighted by Gasteiger charge is -2.32. The summed E-state index contributed by atoms with van der Waals surface area (Å²) in [7, 11) is 0. The highest BCUT2D eigenvalue weighted by Gasteiger charge is 2.31. The molecule has 1 aliphatic heterocycles. The van der Waals surface area contributed by atoms with E-state index in [1.165, 1.54) is 18.2 Å². The molecule has 3 aromatic rings. The van der Waals surface area contributed by atoms with Gasteiger partial charge in [0.25, 0.3) is 0 Å². The molecule has 202 valence electrons. The van der Waals surface area contributed by atoms with Gasteiger partial charge in [-0.3, -0.25) is 0 Å². The Bertz CT molecular complexity index is 1120. The molecule has 0 aliphatic carbocycles. The number of rotatable bonds is 13. The summed E-state index contributed by atoms with van der Waals surface area (Å²) in [4.78, 5) is 6.77. The molecule has 1 N–H and O–H groups in total. The molecular weight excluding hydrogens is 487 g/mol. The standard InChI is InChI=1S/C26H34F3N5O3/c1-2-13-35-15-16-36-14-12-33-10-8-20(9-11-33)18-30-24-6-7-25-31-19-23(34(25)32-24)21-4-3-5-22(17-21)37-26(27,28)29/h3-7,17,19-20H,2,8-16,18H2,1H3,(H,30,32). The summed E-state index contributed by atoms with van der Waals surface area (Å²) in [6.45, 7) is 8.71. The molecule has 0 radical (unpaired) electrons. The maximum Gasteiger partial charge on any atom is 0.573 e. The quantitative estimate of drug-likeness (QED) is 0.322. The summed E-state index contributed by atoms with van der Waals surface area (Å²) < 4.78 is 54.6. The number of ether oxygens (including phenoxy) is 3. The lowest BCUT2D eigenvalue weighted by atomic mass is 9.97. The van der Waals surface area contributed by atoms with E-state index >= 15 is 0 Å². The number of imidazole rings is 1. The number of benzene rings is 1. The predicted octanol–water partition coefficient (Wildman–Crippen LogP) is 4.86. The minimum absolute atomic E-state index is 0.284. The summed E-state index contributed by atoms with van der Waals surface area (Å²) in [6, 6.07) is 9.52. The highest BCUT2D eigenvalue weighted by atomic mass is 19.4. The van der Waals surface area contributed by atoms with Gasteiger partial charge in [-0.05, 0) is 62.5 Å². The molecule has 0 bridgehead atoms. The molecule has 3 heterocycles. The molecule has 1 aliphatic rings. The van der Waals surface area contributed by atoms with Crippen molar-refractivity contribution in [1.29, 1.82) is 0 Å². The molecule has 0 unspecified atom stereocenters. The van der Waals surface area contributed by atoms with Crippen LogP contribution in [0.2, 0.25) is 0 Å². The van der Waals surface area contributed by atoms with Gasteiger partial charge in [0.2, 0.25) is 0 Å². The Morgan fingerprint density at radius 1 is 1.03 bits per heavy atom. The number of nitrogens with zero attached hydrogens (tertiary/aromatic N) is 4. The SMILES string of the molecule is CCCOCCOCCN1CCC(CNc2ccc3ncc(-c4cccc(OC(F)(F)F)c4)n3n2)CC1. The maximum atomic E-state index is 12.6. The van der Waals surface area contributed by atoms with Gasteiger partial charge in [0.05, 0.1) is 31.7 Å². The van der Waals surface area contributed by atoms with Crippen molar-refractivity contribution in [2.75, 3.05) is 57.9 Å². The van der Waals surface area contributed by atoms with Crippen LogP contribution in [-0.4, -0.2) is 78.5 Å². The average Bonchev–Trinajstić information content (AvgIpc) is 3.30. The van der Waals surface area contributed by atoms with Gasteiger partial charge in [-0.25, -0.2) is 9.50 Å². The summed E-state index contributed by atoms with van der Waals surface area (Å²) in [6.07, 6.45) is 0.0588. The number of piperidine rings is 1. The maximum absolute atomic E-state index is 12.6. The highest BCUT2D eigenvalue weighted by molar-refractivity contribution is 5.65. The molecule has 2 aromatic heterocycles. The Balaban J connectivity index is 1.26. The van der Waals surface area contributed by atoms with Crippen molar-refractivity contribution >= 4 is 11.5 Å². The monoisotopic (exact) mass is 521 g/mol. The molecule has 0 spiro atoms. The molecule has 0 atom stereocenters. The average molecular weight is 522 g/mol. The second-order valence-corrected chi connectivity index (χ2v) is 9.10. The van der Waals surface area contributed by atoms with Crippen LogP contribution < -0.4 is 10.1 Å². The zero-order chi connectivity index (χ0) is 26.1. The Morgan fingerprint density at radius 3 is 2.57 bits per heavy atom. The Kier molecular flexibility index (Phi) is 9.59. The second kappa shape index (κ2) is 13.1. The van der Waals surface area contributed by atoms with Gasteiger partial charge in [-0.15, -0.1) is 18.3 Å². The van der Waals surface area contributed by atoms with Gasteiger partial charge >= 0.3 is 6.36 Å². The van der Waals surface area contributed by atoms with Gasteiger partial charge < -0.3 is 24.4 Å². The zero-order valence-electron chi connectivity index (χ0n) is 21.0. The number of likely N-dealkylation sites (tertiary alicyclic amines) is 1. The highest BCUT2D eigenvalue weighted by Crippen LogP contribution is 2.28. The van der Waals surface area contributed by atoms with Gasteiger partial charge in [0.15, 0.2) is 5.65 Å². The van der Waals surface area contributed by atoms with Crippen molar-refractivity contribution in [2.24, 2.45) is 5.92 Å². The lowest BCUT2D eigenvalue weighted by Crippen LogP contribution is -2.37. The molecule has 37 heavy (non-hydrogen) atoms. The van der Waals surface area contributed by atoms with E-state index in [0.717, 1.165) is 58.7 Å². The first-order valence-corrected chi connectivity index (χ1v) is 12.7. The molecule has 1 aromatic carbocycles. The number of nitrogens with one attached hydrogen (secondary N) is 1. The number of alkyl halides is 3. The minimum Gasteiger partial charge on any atom is -0.406 e. The molecular formula is C26H34F3N5O3. The molecule has 1 saturated heterocycles. The summed E-state index contributed by atoms with van der Waals surface area (Å²) in [5, 5.41) is 8.05. The predicted molar refractivity (Wildman–Crippen MR) is 135 cm³/mol. The number of fused-ring (bicyclic) bond motifs is 1. The fourth-order valence-electron chi connectivity index (χ4n) is 4.34. The third-order valence-corrected chi connectivity index (χ3v) is 6.28. The van der Waals surface area contributed by atoms with Crippen molar-refractivity contribution in [3.05, 3.63) is 42.6 Å². The van der Waals surface area contributed by atoms with Crippen LogP contribution in [0.3, 0.4) is 0 Å². The third kappa shape index (κ3) is 8.31. The van der Waals surface area contributed by atoms with Crippen LogP contribution in [0.15, 0.2) is 42.6 Å². The summed E-state index contributed by atoms with van der Waals surface area (Å²) >= 11 is 0. The van der Waals surface area contributed by atoms with Crippen LogP contribution in [0.4, 0.5) is 19.0 Å². The van der Waals surface area contributed by atoms with E-state index in [2.05, 4.69) is 32.0 Å². The number of aromatic nitrogens is 3. The van der Waals surface area contributed by atoms with Crippen molar-refractivity contribution in [3.8, 4) is 17.0 Å². The molecule has 11 heteroatoms. The van der Waals surface area contributed by atoms with Crippen molar-refractivity contribution in [1.82, 2.24) is 19.5 Å². The first-order chi connectivity index (χ1) is 17.9. The van der Waals surface area contributed by atoms with E-state index in [-0.39, 0.29) is 5.75 Å². The van der Waals surface area contributed by atoms with Crippen LogP contribution in [-0.2, 0) is 9.47 Å². The topological polar surface area (TPSA) is 73.2 Å². The van der Waals surface area contributed by atoms with Crippen molar-refractivity contribution in [3.63, 3.8) is 0 Å². The summed E-state index contributed by atoms with van der Waals surface area (Å²) in [5.41, 5.74) is 1.72. The van der Waals surface area contributed by atoms with Crippen molar-refractivity contribution in [2.45, 2.75) is 32.5 Å². The Morgan fingerprint density at radius 2 is 1.81 bits per heavy atom. The van der Waals surface area contributed by atoms with Gasteiger partial charge in [0.1, 0.15) is 11.6 Å². The van der Waals surface area contributed by atoms with E-state index in [1.54, 1.807) is 16.8 Å². The van der Waals surface area contributed by atoms with Crippen LogP contribution in [0, 0.1) is 5.92 Å². The van der Waals surface area contributed by atoms with Crippen LogP contribution in [0.25, 0.3) is 16.9 Å². The van der Waals surface area contributed by atoms with E-state index in [4.69, 9.17) is 9.47 Å². The molecule has 0 saturated carbocycles. The van der Waals surface area contributed by atoms with Crippen LogP contribution in [0.1, 0.15) is 26.2 Å². The smallest absolute Gasteiger partial charge is 0.406 e. The third-order valence-electron chi connectivity index (χ3n) is 6.28. The first kappa shape index (κ1) is 27.2. The Labute approximate surface area is 214 Å². The van der Waals surface area contributed by atoms with E-state index < -0.39 is 6.36 Å². The lowest BCUT2D eigenvalue weighted by molar-refractivity contribution is -0.274. The van der Waals surface area contributed by atoms with Gasteiger partial charge in [-0.2, -0.15) is 0 Å². The zero-order valence-corrected chi connectivity index (χ0v) is 21.0. The normalized spacial score (nSPS) is 15.4. The molecule has 8 nitrogen and oxygen atoms in total. The first-order valence-electron chi connectivity index (χ1n) is 12.7.